The Morgan fingerprint density at radius 3 is 2.18 bits per heavy atom. The molecule has 0 aromatic rings. The normalized spacial score (nSPS) is 15.5. The summed E-state index contributed by atoms with van der Waals surface area (Å²) in [6.45, 7) is 4.25. The van der Waals surface area contributed by atoms with E-state index in [9.17, 15) is 14.4 Å². The summed E-state index contributed by atoms with van der Waals surface area (Å²) in [5, 5.41) is 0. The van der Waals surface area contributed by atoms with Crippen LogP contribution in [0.4, 0.5) is 0 Å². The predicted octanol–water partition coefficient (Wildman–Crippen LogP) is 1.20. The quantitative estimate of drug-likeness (QED) is 0.301. The van der Waals surface area contributed by atoms with Crippen LogP contribution in [0.25, 0.3) is 0 Å². The van der Waals surface area contributed by atoms with Gasteiger partial charge in [0.05, 0.1) is 6.54 Å². The van der Waals surface area contributed by atoms with Gasteiger partial charge in [0.1, 0.15) is 0 Å². The summed E-state index contributed by atoms with van der Waals surface area (Å²) < 4.78 is 0. The van der Waals surface area contributed by atoms with E-state index < -0.39 is 0 Å². The molecule has 0 aromatic heterocycles. The first-order valence-corrected chi connectivity index (χ1v) is 5.67. The molecule has 1 rings (SSSR count). The van der Waals surface area contributed by atoms with Crippen molar-refractivity contribution in [3.63, 3.8) is 0 Å². The summed E-state index contributed by atoms with van der Waals surface area (Å²) in [4.78, 5) is 37.9. The molecule has 5 heteroatoms. The number of amides is 2. The van der Waals surface area contributed by atoms with Crippen molar-refractivity contribution < 1.29 is 14.4 Å². The lowest BCUT2D eigenvalue weighted by atomic mass is 10.2. The summed E-state index contributed by atoms with van der Waals surface area (Å²) in [5.74, 6) is -0.364. The zero-order valence-electron chi connectivity index (χ0n) is 10.2. The van der Waals surface area contributed by atoms with E-state index in [0.29, 0.717) is 24.2 Å². The van der Waals surface area contributed by atoms with Crippen molar-refractivity contribution in [2.75, 3.05) is 13.1 Å². The lowest BCUT2D eigenvalue weighted by Gasteiger charge is -2.14. The Morgan fingerprint density at radius 2 is 1.65 bits per heavy atom. The van der Waals surface area contributed by atoms with Crippen LogP contribution in [0, 0.1) is 0 Å². The van der Waals surface area contributed by atoms with E-state index in [0.717, 1.165) is 19.3 Å². The standard InChI is InChI=1S/C12H16N2O3/c1-9-10(2)12(17)14(11(9)16)7-5-3-4-6-13-8-15/h3-7H2,1-2H3. The van der Waals surface area contributed by atoms with Gasteiger partial charge in [-0.1, -0.05) is 0 Å². The number of imide groups is 1. The zero-order chi connectivity index (χ0) is 12.8. The van der Waals surface area contributed by atoms with Gasteiger partial charge in [0, 0.05) is 17.7 Å². The van der Waals surface area contributed by atoms with Crippen LogP contribution in [0.5, 0.6) is 0 Å². The Labute approximate surface area is 100 Å². The summed E-state index contributed by atoms with van der Waals surface area (Å²) in [5.41, 5.74) is 1.08. The van der Waals surface area contributed by atoms with E-state index in [1.54, 1.807) is 13.8 Å². The van der Waals surface area contributed by atoms with E-state index >= 15 is 0 Å². The zero-order valence-corrected chi connectivity index (χ0v) is 10.2. The second-order valence-electron chi connectivity index (χ2n) is 4.05. The van der Waals surface area contributed by atoms with Crippen LogP contribution in [-0.2, 0) is 14.4 Å². The highest BCUT2D eigenvalue weighted by Gasteiger charge is 2.32. The molecule has 0 aliphatic carbocycles. The molecule has 0 spiro atoms. The largest absolute Gasteiger partial charge is 0.275 e. The first-order valence-electron chi connectivity index (χ1n) is 5.67. The molecule has 5 nitrogen and oxygen atoms in total. The van der Waals surface area contributed by atoms with Crippen LogP contribution in [0.15, 0.2) is 16.1 Å². The monoisotopic (exact) mass is 236 g/mol. The third-order valence-electron chi connectivity index (χ3n) is 2.91. The number of aliphatic imine (C=N–C) groups is 1. The topological polar surface area (TPSA) is 66.8 Å². The number of hydrogen-bond acceptors (Lipinski definition) is 4. The summed E-state index contributed by atoms with van der Waals surface area (Å²) in [6, 6.07) is 0. The van der Waals surface area contributed by atoms with Gasteiger partial charge in [0.25, 0.3) is 11.8 Å². The molecule has 0 radical (unpaired) electrons. The van der Waals surface area contributed by atoms with Gasteiger partial charge < -0.3 is 0 Å². The van der Waals surface area contributed by atoms with Crippen molar-refractivity contribution in [1.82, 2.24) is 4.90 Å². The fraction of sp³-hybridized carbons (Fsp3) is 0.583. The highest BCUT2D eigenvalue weighted by molar-refractivity contribution is 6.18. The molecule has 0 aromatic carbocycles. The fourth-order valence-electron chi connectivity index (χ4n) is 1.70. The summed E-state index contributed by atoms with van der Waals surface area (Å²) >= 11 is 0. The average molecular weight is 236 g/mol. The molecule has 0 saturated heterocycles. The third kappa shape index (κ3) is 3.11. The molecule has 92 valence electrons. The Hall–Kier alpha value is -1.74. The number of unbranched alkanes of at least 4 members (excludes halogenated alkanes) is 2. The number of carbonyl (C=O) groups is 2. The molecule has 0 unspecified atom stereocenters. The van der Waals surface area contributed by atoms with Crippen LogP contribution < -0.4 is 0 Å². The van der Waals surface area contributed by atoms with Gasteiger partial charge in [0.15, 0.2) is 0 Å². The molecule has 0 fully saturated rings. The van der Waals surface area contributed by atoms with E-state index in [4.69, 9.17) is 0 Å². The maximum atomic E-state index is 11.7. The highest BCUT2D eigenvalue weighted by Crippen LogP contribution is 2.20. The van der Waals surface area contributed by atoms with Gasteiger partial charge in [-0.25, -0.2) is 9.79 Å². The van der Waals surface area contributed by atoms with Gasteiger partial charge in [0.2, 0.25) is 6.08 Å². The number of hydrogen-bond donors (Lipinski definition) is 0. The average Bonchev–Trinajstić information content (AvgIpc) is 2.50. The van der Waals surface area contributed by atoms with Crippen molar-refractivity contribution >= 4 is 17.9 Å². The summed E-state index contributed by atoms with van der Waals surface area (Å²) in [6.07, 6.45) is 3.83. The Kier molecular flexibility index (Phi) is 4.79. The van der Waals surface area contributed by atoms with Gasteiger partial charge in [-0.2, -0.15) is 0 Å². The molecule has 1 aliphatic heterocycles. The summed E-state index contributed by atoms with van der Waals surface area (Å²) in [7, 11) is 0. The molecular formula is C12H16N2O3. The Morgan fingerprint density at radius 1 is 1.06 bits per heavy atom. The minimum absolute atomic E-state index is 0.182. The Bertz CT molecular complexity index is 382. The van der Waals surface area contributed by atoms with Gasteiger partial charge in [-0.05, 0) is 33.1 Å². The molecule has 2 amide bonds. The SMILES string of the molecule is CC1=C(C)C(=O)N(CCCCCN=C=O)C1=O. The van der Waals surface area contributed by atoms with E-state index in [1.165, 1.54) is 11.0 Å². The van der Waals surface area contributed by atoms with Crippen LogP contribution in [-0.4, -0.2) is 35.9 Å². The number of isocyanates is 1. The molecular weight excluding hydrogens is 220 g/mol. The predicted molar refractivity (Wildman–Crippen MR) is 61.9 cm³/mol. The molecule has 1 aliphatic rings. The van der Waals surface area contributed by atoms with Crippen LogP contribution in [0.2, 0.25) is 0 Å². The molecule has 0 N–H and O–H groups in total. The number of rotatable bonds is 6. The molecule has 1 heterocycles. The minimum Gasteiger partial charge on any atom is -0.275 e. The lowest BCUT2D eigenvalue weighted by molar-refractivity contribution is -0.137. The van der Waals surface area contributed by atoms with Gasteiger partial charge >= 0.3 is 0 Å². The highest BCUT2D eigenvalue weighted by atomic mass is 16.2. The van der Waals surface area contributed by atoms with E-state index in [2.05, 4.69) is 4.99 Å². The lowest BCUT2D eigenvalue weighted by Crippen LogP contribution is -2.32. The maximum absolute atomic E-state index is 11.7. The van der Waals surface area contributed by atoms with Crippen LogP contribution in [0.3, 0.4) is 0 Å². The number of carbonyl (C=O) groups excluding carboxylic acids is 3. The molecule has 17 heavy (non-hydrogen) atoms. The minimum atomic E-state index is -0.182. The second kappa shape index (κ2) is 6.11. The maximum Gasteiger partial charge on any atom is 0.256 e. The van der Waals surface area contributed by atoms with Crippen molar-refractivity contribution in [3.8, 4) is 0 Å². The van der Waals surface area contributed by atoms with Crippen LogP contribution >= 0.6 is 0 Å². The molecule has 0 bridgehead atoms. The van der Waals surface area contributed by atoms with Crippen molar-refractivity contribution in [3.05, 3.63) is 11.1 Å². The van der Waals surface area contributed by atoms with Gasteiger partial charge in [-0.3, -0.25) is 14.5 Å². The second-order valence-corrected chi connectivity index (χ2v) is 4.05. The van der Waals surface area contributed by atoms with Crippen molar-refractivity contribution in [1.29, 1.82) is 0 Å². The first-order chi connectivity index (χ1) is 8.09. The fourth-order valence-corrected chi connectivity index (χ4v) is 1.70. The van der Waals surface area contributed by atoms with Crippen molar-refractivity contribution in [2.45, 2.75) is 33.1 Å². The molecule has 0 atom stereocenters. The molecule has 0 saturated carbocycles. The van der Waals surface area contributed by atoms with Crippen LogP contribution in [0.1, 0.15) is 33.1 Å². The smallest absolute Gasteiger partial charge is 0.256 e. The van der Waals surface area contributed by atoms with E-state index in [1.807, 2.05) is 0 Å². The first kappa shape index (κ1) is 13.3. The van der Waals surface area contributed by atoms with Gasteiger partial charge in [-0.15, -0.1) is 0 Å². The Balaban J connectivity index is 2.32. The van der Waals surface area contributed by atoms with E-state index in [-0.39, 0.29) is 11.8 Å². The third-order valence-corrected chi connectivity index (χ3v) is 2.91. The van der Waals surface area contributed by atoms with Crippen molar-refractivity contribution in [2.24, 2.45) is 4.99 Å². The number of nitrogens with zero attached hydrogens (tertiary/aromatic N) is 2.